The largest absolute Gasteiger partial charge is 0.387 e. The summed E-state index contributed by atoms with van der Waals surface area (Å²) in [6.45, 7) is 0. The first-order valence-corrected chi connectivity index (χ1v) is 3.71. The lowest BCUT2D eigenvalue weighted by atomic mass is 9.85. The summed E-state index contributed by atoms with van der Waals surface area (Å²) in [6, 6.07) is 0. The van der Waals surface area contributed by atoms with Gasteiger partial charge in [0.25, 0.3) is 0 Å². The fourth-order valence-electron chi connectivity index (χ4n) is 1.32. The molecule has 1 aliphatic carbocycles. The van der Waals surface area contributed by atoms with Crippen molar-refractivity contribution in [2.45, 2.75) is 36.6 Å². The van der Waals surface area contributed by atoms with Gasteiger partial charge in [-0.15, -0.1) is 0 Å². The molecule has 1 aliphatic rings. The van der Waals surface area contributed by atoms with E-state index in [4.69, 9.17) is 30.8 Å². The third-order valence-corrected chi connectivity index (χ3v) is 2.19. The summed E-state index contributed by atoms with van der Waals surface area (Å²) in [5.41, 5.74) is 0. The molecule has 0 radical (unpaired) electrons. The molecule has 1 saturated carbocycles. The van der Waals surface area contributed by atoms with Crippen LogP contribution in [-0.4, -0.2) is 67.4 Å². The normalized spacial score (nSPS) is 52.2. The van der Waals surface area contributed by atoms with E-state index in [9.17, 15) is 0 Å². The Balaban J connectivity index is 2.79. The van der Waals surface area contributed by atoms with Crippen LogP contribution in [0, 0.1) is 0 Å². The summed E-state index contributed by atoms with van der Waals surface area (Å²) in [5.74, 6) is 0. The van der Waals surface area contributed by atoms with Gasteiger partial charge >= 0.3 is 0 Å². The molecule has 0 bridgehead atoms. The zero-order chi connectivity index (χ0) is 10.2. The van der Waals surface area contributed by atoms with Gasteiger partial charge in [0.05, 0.1) is 0 Å². The highest BCUT2D eigenvalue weighted by Crippen LogP contribution is 2.22. The second-order valence-electron chi connectivity index (χ2n) is 3.02. The van der Waals surface area contributed by atoms with Crippen molar-refractivity contribution in [3.05, 3.63) is 0 Å². The van der Waals surface area contributed by atoms with Gasteiger partial charge in [-0.2, -0.15) is 0 Å². The van der Waals surface area contributed by atoms with Gasteiger partial charge in [-0.1, -0.05) is 0 Å². The van der Waals surface area contributed by atoms with Crippen LogP contribution in [0.25, 0.3) is 0 Å². The highest BCUT2D eigenvalue weighted by Gasteiger charge is 2.49. The molecule has 4 atom stereocenters. The topological polar surface area (TPSA) is 131 Å². The van der Waals surface area contributed by atoms with E-state index in [1.807, 2.05) is 0 Å². The van der Waals surface area contributed by atoms with Crippen molar-refractivity contribution in [2.24, 2.45) is 0 Å². The zero-order valence-corrected chi connectivity index (χ0v) is 6.56. The van der Waals surface area contributed by atoms with Gasteiger partial charge in [0.2, 0.25) is 0 Å². The van der Waals surface area contributed by atoms with Gasteiger partial charge in [-0.25, -0.2) is 4.89 Å². The first-order chi connectivity index (χ1) is 6.00. The van der Waals surface area contributed by atoms with E-state index in [1.54, 1.807) is 0 Å². The highest BCUT2D eigenvalue weighted by molar-refractivity contribution is 4.98. The third-order valence-electron chi connectivity index (χ3n) is 2.19. The average molecular weight is 196 g/mol. The summed E-state index contributed by atoms with van der Waals surface area (Å²) in [7, 11) is 0. The summed E-state index contributed by atoms with van der Waals surface area (Å²) in [4.78, 5) is 3.67. The van der Waals surface area contributed by atoms with Crippen LogP contribution in [0.5, 0.6) is 0 Å². The summed E-state index contributed by atoms with van der Waals surface area (Å²) >= 11 is 0. The maximum absolute atomic E-state index is 9.13. The maximum atomic E-state index is 9.13. The van der Waals surface area contributed by atoms with Crippen molar-refractivity contribution in [1.82, 2.24) is 0 Å². The monoisotopic (exact) mass is 196 g/mol. The summed E-state index contributed by atoms with van der Waals surface area (Å²) in [5, 5.41) is 53.7. The van der Waals surface area contributed by atoms with Crippen molar-refractivity contribution in [1.29, 1.82) is 0 Å². The molecule has 0 aliphatic heterocycles. The van der Waals surface area contributed by atoms with Crippen LogP contribution in [0.15, 0.2) is 0 Å². The molecular weight excluding hydrogens is 184 g/mol. The Hall–Kier alpha value is -0.280. The van der Waals surface area contributed by atoms with Crippen LogP contribution in [0.1, 0.15) is 0 Å². The lowest BCUT2D eigenvalue weighted by molar-refractivity contribution is -0.348. The zero-order valence-electron chi connectivity index (χ0n) is 6.56. The van der Waals surface area contributed by atoms with E-state index >= 15 is 0 Å². The van der Waals surface area contributed by atoms with Gasteiger partial charge in [0.1, 0.15) is 36.6 Å². The van der Waals surface area contributed by atoms with Gasteiger partial charge < -0.3 is 25.5 Å². The van der Waals surface area contributed by atoms with Crippen LogP contribution in [-0.2, 0) is 4.89 Å². The number of aliphatic hydroxyl groups excluding tert-OH is 5. The predicted octanol–water partition coefficient (Wildman–Crippen LogP) is -3.34. The van der Waals surface area contributed by atoms with Gasteiger partial charge in [-0.3, -0.25) is 5.26 Å². The lowest BCUT2D eigenvalue weighted by Crippen LogP contribution is -2.64. The van der Waals surface area contributed by atoms with Crippen molar-refractivity contribution >= 4 is 0 Å². The Labute approximate surface area is 73.4 Å². The fourth-order valence-corrected chi connectivity index (χ4v) is 1.32. The molecule has 0 spiro atoms. The number of aliphatic hydroxyl groups is 5. The van der Waals surface area contributed by atoms with Crippen LogP contribution < -0.4 is 0 Å². The Morgan fingerprint density at radius 3 is 1.23 bits per heavy atom. The Kier molecular flexibility index (Phi) is 3.19. The van der Waals surface area contributed by atoms with Gasteiger partial charge in [0.15, 0.2) is 0 Å². The van der Waals surface area contributed by atoms with Crippen LogP contribution in [0.2, 0.25) is 0 Å². The van der Waals surface area contributed by atoms with Gasteiger partial charge in [0, 0.05) is 0 Å². The third kappa shape index (κ3) is 1.67. The van der Waals surface area contributed by atoms with Crippen molar-refractivity contribution in [3.63, 3.8) is 0 Å². The molecule has 1 rings (SSSR count). The lowest BCUT2D eigenvalue weighted by Gasteiger charge is -2.39. The van der Waals surface area contributed by atoms with E-state index in [0.717, 1.165) is 0 Å². The highest BCUT2D eigenvalue weighted by atomic mass is 17.1. The molecule has 0 saturated heterocycles. The molecule has 0 amide bonds. The smallest absolute Gasteiger partial charge is 0.149 e. The molecule has 0 aromatic carbocycles. The number of hydrogen-bond donors (Lipinski definition) is 6. The Morgan fingerprint density at radius 1 is 0.615 bits per heavy atom. The molecule has 0 heterocycles. The van der Waals surface area contributed by atoms with Crippen molar-refractivity contribution in [2.75, 3.05) is 0 Å². The fraction of sp³-hybridized carbons (Fsp3) is 1.00. The Morgan fingerprint density at radius 2 is 0.923 bits per heavy atom. The van der Waals surface area contributed by atoms with Crippen LogP contribution in [0.3, 0.4) is 0 Å². The minimum atomic E-state index is -1.67. The second-order valence-corrected chi connectivity index (χ2v) is 3.02. The molecule has 7 nitrogen and oxygen atoms in total. The average Bonchev–Trinajstić information content (AvgIpc) is 2.13. The first kappa shape index (κ1) is 10.8. The molecule has 6 N–H and O–H groups in total. The maximum Gasteiger partial charge on any atom is 0.149 e. The molecule has 78 valence electrons. The molecule has 4 unspecified atom stereocenters. The predicted molar refractivity (Wildman–Crippen MR) is 37.5 cm³/mol. The standard InChI is InChI=1S/C6H12O7/c7-1-2(8)4(10)6(13-12)5(11)3(1)9/h1-12H. The number of rotatable bonds is 1. The SMILES string of the molecule is OOC1C(O)C(O)C(O)C(O)C1O. The van der Waals surface area contributed by atoms with E-state index in [2.05, 4.69) is 4.89 Å². The molecule has 13 heavy (non-hydrogen) atoms. The van der Waals surface area contributed by atoms with Crippen molar-refractivity contribution < 1.29 is 35.7 Å². The molecule has 0 aromatic heterocycles. The quantitative estimate of drug-likeness (QED) is 0.191. The molecule has 7 heteroatoms. The first-order valence-electron chi connectivity index (χ1n) is 3.71. The van der Waals surface area contributed by atoms with E-state index in [1.165, 1.54) is 0 Å². The van der Waals surface area contributed by atoms with E-state index in [-0.39, 0.29) is 0 Å². The summed E-state index contributed by atoms with van der Waals surface area (Å²) < 4.78 is 0. The second kappa shape index (κ2) is 3.84. The van der Waals surface area contributed by atoms with Crippen LogP contribution in [0.4, 0.5) is 0 Å². The molecular formula is C6H12O7. The Bertz CT molecular complexity index is 158. The van der Waals surface area contributed by atoms with Gasteiger partial charge in [-0.05, 0) is 0 Å². The molecule has 0 aromatic rings. The van der Waals surface area contributed by atoms with E-state index < -0.39 is 36.6 Å². The number of hydrogen-bond acceptors (Lipinski definition) is 7. The van der Waals surface area contributed by atoms with E-state index in [0.29, 0.717) is 0 Å². The minimum absolute atomic E-state index is 1.53. The molecule has 1 fully saturated rings. The van der Waals surface area contributed by atoms with Crippen LogP contribution >= 0.6 is 0 Å². The minimum Gasteiger partial charge on any atom is -0.387 e. The van der Waals surface area contributed by atoms with Crippen molar-refractivity contribution in [3.8, 4) is 0 Å². The summed E-state index contributed by atoms with van der Waals surface area (Å²) in [6.07, 6.45) is -9.85.